The zero-order valence-corrected chi connectivity index (χ0v) is 65.2. The fourth-order valence-corrected chi connectivity index (χ4v) is 9.19. The topological polar surface area (TPSA) is 734 Å². The number of hydrogen-bond acceptors (Lipinski definition) is 28. The van der Waals surface area contributed by atoms with Crippen LogP contribution in [0.15, 0.2) is 150 Å². The Morgan fingerprint density at radius 3 is 0.741 bits per heavy atom. The molecule has 18 N–H and O–H groups in total. The Bertz CT molecular complexity index is 4000. The quantitative estimate of drug-likeness (QED) is 0.0113. The third-order valence-corrected chi connectivity index (χ3v) is 14.0. The Kier molecular flexibility index (Phi) is 50.6. The van der Waals surface area contributed by atoms with Crippen LogP contribution in [0.3, 0.4) is 0 Å². The van der Waals surface area contributed by atoms with Gasteiger partial charge < -0.3 is 130 Å². The molecule has 0 fully saturated rings. The average Bonchev–Trinajstić information content (AvgIpc) is 0.723. The molecule has 7 rings (SSSR count). The van der Waals surface area contributed by atoms with Crippen molar-refractivity contribution in [2.45, 2.75) is 23.2 Å². The molecular formula is C68H63Na3O40S. The molecule has 0 radical (unpaired) electrons. The van der Waals surface area contributed by atoms with Gasteiger partial charge in [0.25, 0.3) is 0 Å². The van der Waals surface area contributed by atoms with Crippen molar-refractivity contribution in [2.24, 2.45) is 0 Å². The van der Waals surface area contributed by atoms with E-state index in [4.69, 9.17) is 85.7 Å². The maximum absolute atomic E-state index is 12.3. The van der Waals surface area contributed by atoms with Crippen LogP contribution in [-0.4, -0.2) is 248 Å². The Morgan fingerprint density at radius 2 is 0.545 bits per heavy atom. The third-order valence-electron chi connectivity index (χ3n) is 13.1. The summed E-state index contributed by atoms with van der Waals surface area (Å²) in [5, 5.41) is 183. The molecule has 0 aliphatic carbocycles. The second-order valence-corrected chi connectivity index (χ2v) is 21.6. The maximum Gasteiger partial charge on any atom is 1.00 e. The second kappa shape index (κ2) is 53.5. The van der Waals surface area contributed by atoms with E-state index in [9.17, 15) is 111 Å². The van der Waals surface area contributed by atoms with Gasteiger partial charge in [0.1, 0.15) is 28.4 Å². The van der Waals surface area contributed by atoms with Crippen LogP contribution in [0.4, 0.5) is 0 Å². The van der Waals surface area contributed by atoms with Crippen LogP contribution in [-0.2, 0) is 24.3 Å². The first-order valence-corrected chi connectivity index (χ1v) is 31.0. The molecule has 0 saturated carbocycles. The monoisotopic (exact) mass is 1620 g/mol. The van der Waals surface area contributed by atoms with E-state index in [0.717, 1.165) is 18.2 Å². The van der Waals surface area contributed by atoms with Crippen molar-refractivity contribution in [3.8, 4) is 0 Å². The first kappa shape index (κ1) is 106. The van der Waals surface area contributed by atoms with Crippen LogP contribution in [0.2, 0.25) is 0 Å². The summed E-state index contributed by atoms with van der Waals surface area (Å²) in [7, 11) is -5.91. The molecule has 0 spiro atoms. The van der Waals surface area contributed by atoms with Crippen molar-refractivity contribution in [1.82, 2.24) is 0 Å². The summed E-state index contributed by atoms with van der Waals surface area (Å²) in [6.45, 7) is -6.22. The number of ether oxygens (including phenoxy) is 3. The number of hydrogen-bond donors (Lipinski definition) is 18. The average molecular weight is 1620 g/mol. The number of rotatable bonds is 30. The number of carbonyl (C=O) groups excluding carboxylic acids is 2. The van der Waals surface area contributed by atoms with Crippen LogP contribution < -0.4 is 98.9 Å². The van der Waals surface area contributed by atoms with Gasteiger partial charge in [0, 0.05) is 22.3 Å². The van der Waals surface area contributed by atoms with E-state index >= 15 is 0 Å². The zero-order chi connectivity index (χ0) is 83.2. The largest absolute Gasteiger partial charge is 1.00 e. The number of aromatic carboxylic acids is 14. The molecule has 40 nitrogen and oxygen atoms in total. The summed E-state index contributed by atoms with van der Waals surface area (Å²) in [5.74, 6) is -17.8. The molecular weight excluding hydrogens is 1560 g/mol. The summed E-state index contributed by atoms with van der Waals surface area (Å²) >= 11 is 0. The Morgan fingerprint density at radius 1 is 0.312 bits per heavy atom. The normalized spacial score (nSPS) is 10.7. The molecule has 0 aliphatic heterocycles. The van der Waals surface area contributed by atoms with E-state index < -0.39 is 184 Å². The molecule has 584 valence electrons. The van der Waals surface area contributed by atoms with Crippen molar-refractivity contribution in [2.75, 3.05) is 59.5 Å². The first-order chi connectivity index (χ1) is 51.1. The number of carboxylic acids is 14. The minimum atomic E-state index is -5.91. The van der Waals surface area contributed by atoms with Crippen LogP contribution in [0.5, 0.6) is 0 Å². The van der Waals surface area contributed by atoms with Gasteiger partial charge >= 0.3 is 160 Å². The van der Waals surface area contributed by atoms with Gasteiger partial charge in [0.05, 0.1) is 143 Å². The molecule has 0 bridgehead atoms. The third kappa shape index (κ3) is 35.8. The molecule has 7 aromatic carbocycles. The number of carboxylic acid groups (broad SMARTS) is 14. The zero-order valence-electron chi connectivity index (χ0n) is 58.4. The molecule has 44 heteroatoms. The number of aliphatic hydroxyl groups is 6. The second-order valence-electron chi connectivity index (χ2n) is 20.3. The Hall–Kier alpha value is -10.3. The molecule has 7 aromatic rings. The number of benzene rings is 7. The van der Waals surface area contributed by atoms with E-state index in [-0.39, 0.29) is 175 Å². The van der Waals surface area contributed by atoms with E-state index in [0.29, 0.717) is 0 Å². The SMILES string of the molecule is O=C(O)c1ccc(C(=O)O)cc1.O=C(O)c1ccc(C(=O)O)cc1.O=C(O)c1ccc(C(=O)O)cc1.O=C(O)c1cccc(C(=O)O)c1.O=C(O)c1cccc(C(=O)O)c1.O=C(O)c1cccc(C(=O)O)c1.O=C([O-])c1c(C(O)CO)c(C(=O)[O-])c(S(=O)(=O)[O-])c(C(CO)OCCOCCO)c1C(CO)OCCO.[Na+].[Na+].[Na+]. The fraction of sp³-hybridized carbons (Fsp3) is 0.176. The number of carbonyl (C=O) groups is 14. The molecule has 112 heavy (non-hydrogen) atoms. The molecule has 3 unspecified atom stereocenters. The van der Waals surface area contributed by atoms with Gasteiger partial charge in [-0.1, -0.05) is 18.2 Å². The van der Waals surface area contributed by atoms with Crippen molar-refractivity contribution in [3.63, 3.8) is 0 Å². The van der Waals surface area contributed by atoms with Gasteiger partial charge in [-0.15, -0.1) is 0 Å². The van der Waals surface area contributed by atoms with Crippen LogP contribution in [0.1, 0.15) is 180 Å². The Labute approximate surface area is 696 Å². The van der Waals surface area contributed by atoms with E-state index in [2.05, 4.69) is 0 Å². The predicted molar refractivity (Wildman–Crippen MR) is 354 cm³/mol. The summed E-state index contributed by atoms with van der Waals surface area (Å²) in [6.07, 6.45) is -6.28. The Balaban J connectivity index is -0.00000132. The van der Waals surface area contributed by atoms with Gasteiger partial charge in [-0.25, -0.2) is 66.0 Å². The van der Waals surface area contributed by atoms with Gasteiger partial charge in [0.2, 0.25) is 0 Å². The van der Waals surface area contributed by atoms with Crippen LogP contribution >= 0.6 is 0 Å². The molecule has 0 amide bonds. The van der Waals surface area contributed by atoms with Crippen molar-refractivity contribution in [1.29, 1.82) is 0 Å². The van der Waals surface area contributed by atoms with Crippen molar-refractivity contribution >= 4 is 93.7 Å². The van der Waals surface area contributed by atoms with Gasteiger partial charge in [-0.05, 0) is 133 Å². The summed E-state index contributed by atoms with van der Waals surface area (Å²) in [5.41, 5.74) is -5.85. The van der Waals surface area contributed by atoms with Crippen LogP contribution in [0, 0.1) is 0 Å². The smallest absolute Gasteiger partial charge is 0.744 e. The van der Waals surface area contributed by atoms with Gasteiger partial charge in [0.15, 0.2) is 0 Å². The van der Waals surface area contributed by atoms with Crippen molar-refractivity contribution < 1.29 is 285 Å². The molecule has 0 heterocycles. The molecule has 0 saturated heterocycles. The maximum atomic E-state index is 12.3. The predicted octanol–water partition coefficient (Wildman–Crippen LogP) is -8.05. The summed E-state index contributed by atoms with van der Waals surface area (Å²) in [6, 6.07) is 30.7. The van der Waals surface area contributed by atoms with Gasteiger partial charge in [-0.2, -0.15) is 0 Å². The minimum absolute atomic E-state index is 0. The standard InChI is InChI=1S/C20H30O16S.6C8H6O4.3Na/c21-1-3-34-5-6-36-12(9-25)15-14(11(8-24)35-4-2-22)16(19(27)28)13(10(26)7-23)17(20(29)30)18(15)37(31,32)33;3*9-7(10)5-1-2-6(4-3-5)8(11)12;3*9-7(10)5-2-1-3-6(4-5)8(11)12;;;/h10-12,21-26H,1-9H2,(H,27,28)(H,29,30)(H,31,32,33);6*1-4H,(H,9,10)(H,11,12);;;/q;;;;;;;3*+1/p-3. The van der Waals surface area contributed by atoms with E-state index in [1.54, 1.807) is 0 Å². The van der Waals surface area contributed by atoms with Crippen LogP contribution in [0.25, 0.3) is 0 Å². The first-order valence-electron chi connectivity index (χ1n) is 29.6. The molecule has 0 aromatic heterocycles. The molecule has 3 atom stereocenters. The van der Waals surface area contributed by atoms with E-state index in [1.807, 2.05) is 0 Å². The summed E-state index contributed by atoms with van der Waals surface area (Å²) < 4.78 is 52.5. The fourth-order valence-electron chi connectivity index (χ4n) is 8.23. The number of aliphatic hydroxyl groups excluding tert-OH is 6. The minimum Gasteiger partial charge on any atom is -0.744 e. The van der Waals surface area contributed by atoms with Crippen molar-refractivity contribution in [3.05, 3.63) is 240 Å². The molecule has 0 aliphatic rings. The van der Waals surface area contributed by atoms with Gasteiger partial charge in [-0.3, -0.25) is 0 Å². The van der Waals surface area contributed by atoms with E-state index in [1.165, 1.54) is 127 Å². The summed E-state index contributed by atoms with van der Waals surface area (Å²) in [4.78, 5) is 147.